The lowest BCUT2D eigenvalue weighted by Crippen LogP contribution is -2.26. The Morgan fingerprint density at radius 3 is 2.17 bits per heavy atom. The van der Waals surface area contributed by atoms with E-state index < -0.39 is 11.6 Å². The van der Waals surface area contributed by atoms with E-state index in [0.717, 1.165) is 5.57 Å². The smallest absolute Gasteiger partial charge is 0.337 e. The van der Waals surface area contributed by atoms with Crippen molar-refractivity contribution in [3.8, 4) is 0 Å². The molecule has 1 rings (SSSR count). The van der Waals surface area contributed by atoms with E-state index in [-0.39, 0.29) is 6.10 Å². The number of hydrogen-bond donors (Lipinski definition) is 1. The van der Waals surface area contributed by atoms with Gasteiger partial charge in [-0.25, -0.2) is 4.79 Å². The summed E-state index contributed by atoms with van der Waals surface area (Å²) in [4.78, 5) is 11.2. The molecular formula is C9H14O3. The van der Waals surface area contributed by atoms with Crippen molar-refractivity contribution in [2.75, 3.05) is 0 Å². The quantitative estimate of drug-likeness (QED) is 0.597. The lowest BCUT2D eigenvalue weighted by Gasteiger charge is -2.16. The Hall–Kier alpha value is -0.830. The number of rotatable bonds is 1. The first kappa shape index (κ1) is 9.26. The number of hydrogen-bond acceptors (Lipinski definition) is 3. The zero-order valence-corrected chi connectivity index (χ0v) is 7.84. The predicted molar refractivity (Wildman–Crippen MR) is 44.6 cm³/mol. The summed E-state index contributed by atoms with van der Waals surface area (Å²) in [7, 11) is 0. The van der Waals surface area contributed by atoms with Gasteiger partial charge in [0.15, 0.2) is 0 Å². The van der Waals surface area contributed by atoms with E-state index in [1.165, 1.54) is 0 Å². The van der Waals surface area contributed by atoms with Crippen molar-refractivity contribution in [3.63, 3.8) is 0 Å². The van der Waals surface area contributed by atoms with Crippen LogP contribution in [-0.2, 0) is 9.53 Å². The van der Waals surface area contributed by atoms with Crippen molar-refractivity contribution >= 4 is 5.97 Å². The third kappa shape index (κ3) is 1.37. The molecule has 0 saturated carbocycles. The lowest BCUT2D eigenvalue weighted by atomic mass is 9.94. The van der Waals surface area contributed by atoms with Gasteiger partial charge in [-0.15, -0.1) is 0 Å². The Labute approximate surface area is 72.0 Å². The fourth-order valence-corrected chi connectivity index (χ4v) is 1.40. The fourth-order valence-electron chi connectivity index (χ4n) is 1.40. The first-order valence-corrected chi connectivity index (χ1v) is 3.98. The highest BCUT2D eigenvalue weighted by molar-refractivity contribution is 5.94. The molecule has 0 aromatic carbocycles. The van der Waals surface area contributed by atoms with Crippen LogP contribution in [-0.4, -0.2) is 22.8 Å². The molecule has 0 spiro atoms. The van der Waals surface area contributed by atoms with Crippen molar-refractivity contribution in [3.05, 3.63) is 11.1 Å². The zero-order valence-electron chi connectivity index (χ0n) is 7.84. The molecule has 12 heavy (non-hydrogen) atoms. The van der Waals surface area contributed by atoms with Crippen LogP contribution in [0.25, 0.3) is 0 Å². The number of carbonyl (C=O) groups excluding carboxylic acids is 1. The molecular weight excluding hydrogens is 156 g/mol. The molecule has 3 nitrogen and oxygen atoms in total. The van der Waals surface area contributed by atoms with E-state index in [1.807, 2.05) is 6.92 Å². The SMILES string of the molecule is CC1=C(C(C)(C)O)C(=O)OC1C. The predicted octanol–water partition coefficient (Wildman–Crippen LogP) is 1.02. The summed E-state index contributed by atoms with van der Waals surface area (Å²) in [5.41, 5.74) is 0.133. The fraction of sp³-hybridized carbons (Fsp3) is 0.667. The molecule has 0 aliphatic carbocycles. The van der Waals surface area contributed by atoms with Gasteiger partial charge in [-0.1, -0.05) is 0 Å². The molecule has 0 aromatic heterocycles. The van der Waals surface area contributed by atoms with Gasteiger partial charge in [-0.05, 0) is 33.3 Å². The van der Waals surface area contributed by atoms with E-state index in [2.05, 4.69) is 0 Å². The van der Waals surface area contributed by atoms with Crippen LogP contribution < -0.4 is 0 Å². The summed E-state index contributed by atoms with van der Waals surface area (Å²) in [6, 6.07) is 0. The highest BCUT2D eigenvalue weighted by Crippen LogP contribution is 2.29. The Morgan fingerprint density at radius 1 is 1.50 bits per heavy atom. The van der Waals surface area contributed by atoms with E-state index >= 15 is 0 Å². The summed E-state index contributed by atoms with van der Waals surface area (Å²) in [6.45, 7) is 6.78. The third-order valence-electron chi connectivity index (χ3n) is 2.10. The van der Waals surface area contributed by atoms with Crippen LogP contribution in [0.1, 0.15) is 27.7 Å². The van der Waals surface area contributed by atoms with Gasteiger partial charge in [0.2, 0.25) is 0 Å². The molecule has 1 heterocycles. The van der Waals surface area contributed by atoms with Gasteiger partial charge in [0.1, 0.15) is 6.10 Å². The van der Waals surface area contributed by atoms with Crippen LogP contribution in [0.5, 0.6) is 0 Å². The second-order valence-electron chi connectivity index (χ2n) is 3.66. The summed E-state index contributed by atoms with van der Waals surface area (Å²) in [5, 5.41) is 9.62. The molecule has 1 N–H and O–H groups in total. The van der Waals surface area contributed by atoms with Gasteiger partial charge in [0, 0.05) is 0 Å². The molecule has 1 aliphatic rings. The molecule has 1 atom stereocenters. The van der Waals surface area contributed by atoms with Gasteiger partial charge in [0.25, 0.3) is 0 Å². The molecule has 1 unspecified atom stereocenters. The van der Waals surface area contributed by atoms with E-state index in [0.29, 0.717) is 5.57 Å². The minimum absolute atomic E-state index is 0.195. The van der Waals surface area contributed by atoms with Crippen molar-refractivity contribution in [1.82, 2.24) is 0 Å². The minimum Gasteiger partial charge on any atom is -0.455 e. The van der Waals surface area contributed by atoms with Crippen molar-refractivity contribution in [1.29, 1.82) is 0 Å². The summed E-state index contributed by atoms with van der Waals surface area (Å²) in [6.07, 6.45) is -0.195. The van der Waals surface area contributed by atoms with Gasteiger partial charge in [-0.2, -0.15) is 0 Å². The molecule has 0 amide bonds. The average molecular weight is 170 g/mol. The van der Waals surface area contributed by atoms with E-state index in [4.69, 9.17) is 4.74 Å². The lowest BCUT2D eigenvalue weighted by molar-refractivity contribution is -0.140. The standard InChI is InChI=1S/C9H14O3/c1-5-6(2)12-8(10)7(5)9(3,4)11/h6,11H,1-4H3. The van der Waals surface area contributed by atoms with Gasteiger partial charge < -0.3 is 9.84 Å². The Balaban J connectivity index is 3.10. The molecule has 0 radical (unpaired) electrons. The van der Waals surface area contributed by atoms with Crippen molar-refractivity contribution < 1.29 is 14.6 Å². The maximum atomic E-state index is 11.2. The van der Waals surface area contributed by atoms with E-state index in [1.54, 1.807) is 20.8 Å². The van der Waals surface area contributed by atoms with Crippen LogP contribution >= 0.6 is 0 Å². The number of ether oxygens (including phenoxy) is 1. The Bertz CT molecular complexity index is 245. The van der Waals surface area contributed by atoms with Crippen LogP contribution in [0.15, 0.2) is 11.1 Å². The second kappa shape index (κ2) is 2.59. The molecule has 1 aliphatic heterocycles. The maximum absolute atomic E-state index is 11.2. The van der Waals surface area contributed by atoms with Crippen LogP contribution in [0, 0.1) is 0 Å². The van der Waals surface area contributed by atoms with Crippen molar-refractivity contribution in [2.24, 2.45) is 0 Å². The van der Waals surface area contributed by atoms with Crippen LogP contribution in [0.4, 0.5) is 0 Å². The number of carbonyl (C=O) groups is 1. The van der Waals surface area contributed by atoms with Crippen molar-refractivity contribution in [2.45, 2.75) is 39.4 Å². The molecule has 0 bridgehead atoms. The molecule has 0 fully saturated rings. The average Bonchev–Trinajstić information content (AvgIpc) is 2.05. The van der Waals surface area contributed by atoms with E-state index in [9.17, 15) is 9.90 Å². The third-order valence-corrected chi connectivity index (χ3v) is 2.10. The minimum atomic E-state index is -1.09. The Morgan fingerprint density at radius 2 is 2.00 bits per heavy atom. The highest BCUT2D eigenvalue weighted by atomic mass is 16.5. The first-order valence-electron chi connectivity index (χ1n) is 3.98. The van der Waals surface area contributed by atoms with Gasteiger partial charge >= 0.3 is 5.97 Å². The summed E-state index contributed by atoms with van der Waals surface area (Å²) >= 11 is 0. The molecule has 3 heteroatoms. The molecule has 0 aromatic rings. The maximum Gasteiger partial charge on any atom is 0.337 e. The second-order valence-corrected chi connectivity index (χ2v) is 3.66. The largest absolute Gasteiger partial charge is 0.455 e. The zero-order chi connectivity index (χ0) is 9.52. The van der Waals surface area contributed by atoms with Crippen LogP contribution in [0.2, 0.25) is 0 Å². The first-order chi connectivity index (χ1) is 5.34. The number of aliphatic hydroxyl groups is 1. The number of cyclic esters (lactones) is 1. The van der Waals surface area contributed by atoms with Crippen LogP contribution in [0.3, 0.4) is 0 Å². The topological polar surface area (TPSA) is 46.5 Å². The number of esters is 1. The summed E-state index contributed by atoms with van der Waals surface area (Å²) in [5.74, 6) is -0.396. The van der Waals surface area contributed by atoms with Gasteiger partial charge in [0.05, 0.1) is 11.2 Å². The monoisotopic (exact) mass is 170 g/mol. The molecule has 68 valence electrons. The normalized spacial score (nSPS) is 24.8. The van der Waals surface area contributed by atoms with Gasteiger partial charge in [-0.3, -0.25) is 0 Å². The Kier molecular flexibility index (Phi) is 2.00. The highest BCUT2D eigenvalue weighted by Gasteiger charge is 2.37. The molecule has 0 saturated heterocycles. The summed E-state index contributed by atoms with van der Waals surface area (Å²) < 4.78 is 4.94.